The molecule has 0 aliphatic rings. The van der Waals surface area contributed by atoms with Crippen LogP contribution in [0.25, 0.3) is 0 Å². The Morgan fingerprint density at radius 2 is 1.76 bits per heavy atom. The monoisotopic (exact) mass is 396 g/mol. The number of hydrogen-bond acceptors (Lipinski definition) is 4. The maximum atomic E-state index is 12.5. The van der Waals surface area contributed by atoms with Crippen molar-refractivity contribution in [3.63, 3.8) is 0 Å². The number of halogens is 1. The number of carbonyl (C=O) groups excluding carboxylic acids is 1. The van der Waals surface area contributed by atoms with Gasteiger partial charge in [-0.2, -0.15) is 0 Å². The highest BCUT2D eigenvalue weighted by molar-refractivity contribution is 9.10. The summed E-state index contributed by atoms with van der Waals surface area (Å²) in [4.78, 5) is 21.1. The van der Waals surface area contributed by atoms with E-state index in [9.17, 15) is 4.79 Å². The molecule has 1 heterocycles. The average molecular weight is 397 g/mol. The molecule has 2 N–H and O–H groups in total. The fourth-order valence-electron chi connectivity index (χ4n) is 2.31. The first-order valence-corrected chi connectivity index (χ1v) is 8.60. The molecule has 25 heavy (non-hydrogen) atoms. The highest BCUT2D eigenvalue weighted by Gasteiger charge is 2.12. The molecule has 0 saturated carbocycles. The number of aryl methyl sites for hydroxylation is 1. The van der Waals surface area contributed by atoms with E-state index in [0.717, 1.165) is 10.0 Å². The summed E-state index contributed by atoms with van der Waals surface area (Å²) in [5.74, 6) is 0.879. The third kappa shape index (κ3) is 4.64. The van der Waals surface area contributed by atoms with Crippen LogP contribution in [0.4, 0.5) is 11.5 Å². The van der Waals surface area contributed by atoms with Crippen LogP contribution in [0.2, 0.25) is 0 Å². The minimum Gasteiger partial charge on any atom is -0.366 e. The second-order valence-electron chi connectivity index (χ2n) is 5.46. The number of carbonyl (C=O) groups is 1. The van der Waals surface area contributed by atoms with Gasteiger partial charge in [0.25, 0.3) is 5.91 Å². The van der Waals surface area contributed by atoms with Crippen molar-refractivity contribution < 1.29 is 4.79 Å². The van der Waals surface area contributed by atoms with Crippen molar-refractivity contribution in [2.75, 3.05) is 10.6 Å². The molecule has 0 atom stereocenters. The molecule has 1 aromatic heterocycles. The van der Waals surface area contributed by atoms with Crippen molar-refractivity contribution in [1.82, 2.24) is 9.97 Å². The molecule has 5 nitrogen and oxygen atoms in total. The van der Waals surface area contributed by atoms with Crippen molar-refractivity contribution in [3.05, 3.63) is 82.2 Å². The van der Waals surface area contributed by atoms with Crippen LogP contribution in [-0.2, 0) is 6.54 Å². The van der Waals surface area contributed by atoms with Crippen molar-refractivity contribution in [3.8, 4) is 0 Å². The number of aromatic nitrogens is 2. The van der Waals surface area contributed by atoms with E-state index in [1.165, 1.54) is 0 Å². The third-order valence-electron chi connectivity index (χ3n) is 3.51. The minimum atomic E-state index is -0.278. The van der Waals surface area contributed by atoms with Crippen LogP contribution in [-0.4, -0.2) is 15.9 Å². The molecule has 0 fully saturated rings. The molecule has 0 radical (unpaired) electrons. The van der Waals surface area contributed by atoms with Gasteiger partial charge < -0.3 is 10.6 Å². The fourth-order valence-corrected chi connectivity index (χ4v) is 2.70. The lowest BCUT2D eigenvalue weighted by molar-refractivity contribution is 0.102. The molecule has 0 unspecified atom stereocenters. The summed E-state index contributed by atoms with van der Waals surface area (Å²) in [5, 5.41) is 6.08. The Morgan fingerprint density at radius 1 is 1.04 bits per heavy atom. The lowest BCUT2D eigenvalue weighted by atomic mass is 10.2. The van der Waals surface area contributed by atoms with Gasteiger partial charge in [-0.1, -0.05) is 42.5 Å². The Bertz CT molecular complexity index is 884. The van der Waals surface area contributed by atoms with Crippen LogP contribution in [0.5, 0.6) is 0 Å². The predicted molar refractivity (Wildman–Crippen MR) is 103 cm³/mol. The predicted octanol–water partition coefficient (Wildman–Crippen LogP) is 4.41. The SMILES string of the molecule is Cc1nc(NCc2ccccc2)cc(C(=O)Nc2ccccc2Br)n1. The summed E-state index contributed by atoms with van der Waals surface area (Å²) in [7, 11) is 0. The van der Waals surface area contributed by atoms with Gasteiger partial charge >= 0.3 is 0 Å². The number of anilines is 2. The standard InChI is InChI=1S/C19H17BrN4O/c1-13-22-17(19(25)24-16-10-6-5-9-15(16)20)11-18(23-13)21-12-14-7-3-2-4-8-14/h2-11H,12H2,1H3,(H,24,25)(H,21,22,23). The molecule has 0 aliphatic carbocycles. The summed E-state index contributed by atoms with van der Waals surface area (Å²) >= 11 is 3.42. The molecule has 2 aromatic carbocycles. The number of nitrogens with one attached hydrogen (secondary N) is 2. The molecule has 0 aliphatic heterocycles. The number of hydrogen-bond donors (Lipinski definition) is 2. The van der Waals surface area contributed by atoms with Crippen molar-refractivity contribution in [2.45, 2.75) is 13.5 Å². The van der Waals surface area contributed by atoms with E-state index in [0.29, 0.717) is 29.6 Å². The van der Waals surface area contributed by atoms with Crippen molar-refractivity contribution >= 4 is 33.3 Å². The zero-order chi connectivity index (χ0) is 17.6. The van der Waals surface area contributed by atoms with Crippen LogP contribution in [0.15, 0.2) is 65.1 Å². The lowest BCUT2D eigenvalue weighted by Crippen LogP contribution is -2.16. The number of para-hydroxylation sites is 1. The van der Waals surface area contributed by atoms with E-state index in [1.807, 2.05) is 54.6 Å². The molecule has 0 spiro atoms. The Kier molecular flexibility index (Phi) is 5.40. The number of rotatable bonds is 5. The lowest BCUT2D eigenvalue weighted by Gasteiger charge is -2.10. The Balaban J connectivity index is 1.74. The largest absolute Gasteiger partial charge is 0.366 e. The molecular weight excluding hydrogens is 380 g/mol. The molecule has 1 amide bonds. The second kappa shape index (κ2) is 7.90. The minimum absolute atomic E-state index is 0.278. The summed E-state index contributed by atoms with van der Waals surface area (Å²) in [6, 6.07) is 19.1. The fraction of sp³-hybridized carbons (Fsp3) is 0.105. The van der Waals surface area contributed by atoms with Crippen molar-refractivity contribution in [2.24, 2.45) is 0 Å². The van der Waals surface area contributed by atoms with E-state index < -0.39 is 0 Å². The van der Waals surface area contributed by atoms with Crippen molar-refractivity contribution in [1.29, 1.82) is 0 Å². The van der Waals surface area contributed by atoms with Gasteiger partial charge in [0.2, 0.25) is 0 Å². The summed E-state index contributed by atoms with van der Waals surface area (Å²) < 4.78 is 0.816. The summed E-state index contributed by atoms with van der Waals surface area (Å²) in [6.45, 7) is 2.39. The number of benzene rings is 2. The van der Waals surface area contributed by atoms with Crippen LogP contribution in [0.1, 0.15) is 21.9 Å². The maximum Gasteiger partial charge on any atom is 0.274 e. The van der Waals surface area contributed by atoms with Gasteiger partial charge in [0, 0.05) is 17.1 Å². The third-order valence-corrected chi connectivity index (χ3v) is 4.20. The van der Waals surface area contributed by atoms with Crippen LogP contribution in [0, 0.1) is 6.92 Å². The average Bonchev–Trinajstić information content (AvgIpc) is 2.62. The van der Waals surface area contributed by atoms with E-state index in [1.54, 1.807) is 13.0 Å². The molecule has 3 rings (SSSR count). The smallest absolute Gasteiger partial charge is 0.274 e. The Labute approximate surface area is 154 Å². The van der Waals surface area contributed by atoms with Gasteiger partial charge in [-0.25, -0.2) is 9.97 Å². The topological polar surface area (TPSA) is 66.9 Å². The van der Waals surface area contributed by atoms with E-state index in [2.05, 4.69) is 36.5 Å². The van der Waals surface area contributed by atoms with Gasteiger partial charge in [0.1, 0.15) is 17.3 Å². The quantitative estimate of drug-likeness (QED) is 0.669. The Morgan fingerprint density at radius 3 is 2.52 bits per heavy atom. The zero-order valence-electron chi connectivity index (χ0n) is 13.7. The number of amides is 1. The molecule has 0 saturated heterocycles. The first-order chi connectivity index (χ1) is 12.1. The van der Waals surface area contributed by atoms with Crippen LogP contribution in [0.3, 0.4) is 0 Å². The van der Waals surface area contributed by atoms with E-state index in [4.69, 9.17) is 0 Å². The first kappa shape index (κ1) is 17.1. The summed E-state index contributed by atoms with van der Waals surface area (Å²) in [5.41, 5.74) is 2.15. The molecule has 3 aromatic rings. The maximum absolute atomic E-state index is 12.5. The normalized spacial score (nSPS) is 10.3. The second-order valence-corrected chi connectivity index (χ2v) is 6.31. The molecule has 6 heteroatoms. The molecule has 0 bridgehead atoms. The number of nitrogens with zero attached hydrogens (tertiary/aromatic N) is 2. The van der Waals surface area contributed by atoms with E-state index in [-0.39, 0.29) is 5.91 Å². The van der Waals surface area contributed by atoms with Gasteiger partial charge in [-0.3, -0.25) is 4.79 Å². The Hall–Kier alpha value is -2.73. The van der Waals surface area contributed by atoms with E-state index >= 15 is 0 Å². The zero-order valence-corrected chi connectivity index (χ0v) is 15.2. The first-order valence-electron chi connectivity index (χ1n) is 7.81. The molecule has 126 valence electrons. The van der Waals surface area contributed by atoms with Gasteiger partial charge in [-0.15, -0.1) is 0 Å². The van der Waals surface area contributed by atoms with Gasteiger partial charge in [0.05, 0.1) is 5.69 Å². The van der Waals surface area contributed by atoms with Gasteiger partial charge in [-0.05, 0) is 40.5 Å². The summed E-state index contributed by atoms with van der Waals surface area (Å²) in [6.07, 6.45) is 0. The van der Waals surface area contributed by atoms with Crippen LogP contribution >= 0.6 is 15.9 Å². The molecular formula is C19H17BrN4O. The highest BCUT2D eigenvalue weighted by atomic mass is 79.9. The van der Waals surface area contributed by atoms with Gasteiger partial charge in [0.15, 0.2) is 0 Å². The van der Waals surface area contributed by atoms with Crippen LogP contribution < -0.4 is 10.6 Å². The highest BCUT2D eigenvalue weighted by Crippen LogP contribution is 2.22.